The summed E-state index contributed by atoms with van der Waals surface area (Å²) in [4.78, 5) is 4.59. The molecule has 2 heterocycles. The van der Waals surface area contributed by atoms with Gasteiger partial charge in [-0.2, -0.15) is 4.98 Å². The summed E-state index contributed by atoms with van der Waals surface area (Å²) in [6.45, 7) is 6.33. The molecule has 0 bridgehead atoms. The Morgan fingerprint density at radius 2 is 2.05 bits per heavy atom. The van der Waals surface area contributed by atoms with Crippen molar-refractivity contribution in [1.29, 1.82) is 0 Å². The van der Waals surface area contributed by atoms with E-state index in [0.717, 1.165) is 44.1 Å². The van der Waals surface area contributed by atoms with Crippen molar-refractivity contribution in [3.05, 3.63) is 46.6 Å². The Morgan fingerprint density at radius 1 is 1.25 bits per heavy atom. The van der Waals surface area contributed by atoms with Gasteiger partial charge in [-0.3, -0.25) is 0 Å². The van der Waals surface area contributed by atoms with Crippen molar-refractivity contribution < 1.29 is 4.52 Å². The zero-order chi connectivity index (χ0) is 13.9. The highest BCUT2D eigenvalue weighted by atomic mass is 16.5. The molecule has 106 valence electrons. The third-order valence-corrected chi connectivity index (χ3v) is 4.03. The fraction of sp³-hybridized carbons (Fsp3) is 0.500. The highest BCUT2D eigenvalue weighted by Gasteiger charge is 2.20. The van der Waals surface area contributed by atoms with Crippen LogP contribution in [0.15, 0.2) is 22.7 Å². The van der Waals surface area contributed by atoms with Gasteiger partial charge in [-0.25, -0.2) is 0 Å². The van der Waals surface area contributed by atoms with Crippen LogP contribution in [0.2, 0.25) is 0 Å². The summed E-state index contributed by atoms with van der Waals surface area (Å²) in [6, 6.07) is 6.48. The number of hydrogen-bond donors (Lipinski definition) is 1. The molecule has 2 aromatic rings. The molecule has 0 amide bonds. The molecule has 0 saturated carbocycles. The third-order valence-electron chi connectivity index (χ3n) is 4.03. The Bertz CT molecular complexity index is 585. The summed E-state index contributed by atoms with van der Waals surface area (Å²) in [5.74, 6) is 2.06. The second kappa shape index (κ2) is 5.75. The second-order valence-electron chi connectivity index (χ2n) is 5.68. The molecule has 1 aromatic heterocycles. The van der Waals surface area contributed by atoms with Gasteiger partial charge in [-0.1, -0.05) is 28.9 Å². The van der Waals surface area contributed by atoms with Crippen molar-refractivity contribution in [2.75, 3.05) is 13.1 Å². The first-order chi connectivity index (χ1) is 9.72. The van der Waals surface area contributed by atoms with Crippen LogP contribution in [0.5, 0.6) is 0 Å². The molecular weight excluding hydrogens is 250 g/mol. The molecule has 1 aromatic carbocycles. The van der Waals surface area contributed by atoms with Crippen molar-refractivity contribution in [2.45, 2.75) is 39.0 Å². The third kappa shape index (κ3) is 2.90. The number of nitrogens with zero attached hydrogens (tertiary/aromatic N) is 2. The SMILES string of the molecule is Cc1ccc(C)c(Cc2nc(C3CCNCC3)no2)c1. The van der Waals surface area contributed by atoms with E-state index in [1.165, 1.54) is 16.7 Å². The Labute approximate surface area is 119 Å². The lowest BCUT2D eigenvalue weighted by Gasteiger charge is -2.18. The highest BCUT2D eigenvalue weighted by molar-refractivity contribution is 5.32. The van der Waals surface area contributed by atoms with Gasteiger partial charge in [-0.15, -0.1) is 0 Å². The molecule has 1 aliphatic heterocycles. The minimum absolute atomic E-state index is 0.451. The molecule has 0 atom stereocenters. The molecule has 4 nitrogen and oxygen atoms in total. The predicted molar refractivity (Wildman–Crippen MR) is 77.9 cm³/mol. The fourth-order valence-corrected chi connectivity index (χ4v) is 2.74. The molecule has 4 heteroatoms. The molecule has 3 rings (SSSR count). The number of nitrogens with one attached hydrogen (secondary N) is 1. The first-order valence-corrected chi connectivity index (χ1v) is 7.31. The van der Waals surface area contributed by atoms with Gasteiger partial charge in [0.2, 0.25) is 5.89 Å². The maximum atomic E-state index is 5.44. The van der Waals surface area contributed by atoms with E-state index in [2.05, 4.69) is 47.5 Å². The minimum atomic E-state index is 0.451. The standard InChI is InChI=1S/C16H21N3O/c1-11-3-4-12(2)14(9-11)10-15-18-16(19-20-15)13-5-7-17-8-6-13/h3-4,9,13,17H,5-8,10H2,1-2H3. The van der Waals surface area contributed by atoms with Crippen molar-refractivity contribution in [3.8, 4) is 0 Å². The van der Waals surface area contributed by atoms with E-state index in [-0.39, 0.29) is 0 Å². The first kappa shape index (κ1) is 13.3. The number of rotatable bonds is 3. The van der Waals surface area contributed by atoms with Crippen LogP contribution in [-0.4, -0.2) is 23.2 Å². The van der Waals surface area contributed by atoms with Gasteiger partial charge in [0.05, 0.1) is 6.42 Å². The van der Waals surface area contributed by atoms with Crippen molar-refractivity contribution in [1.82, 2.24) is 15.5 Å². The molecule has 1 fully saturated rings. The summed E-state index contributed by atoms with van der Waals surface area (Å²) < 4.78 is 5.44. The average Bonchev–Trinajstić information content (AvgIpc) is 2.92. The molecule has 1 aliphatic rings. The fourth-order valence-electron chi connectivity index (χ4n) is 2.74. The molecule has 1 N–H and O–H groups in total. The van der Waals surface area contributed by atoms with Gasteiger partial charge in [-0.05, 0) is 50.9 Å². The first-order valence-electron chi connectivity index (χ1n) is 7.31. The summed E-state index contributed by atoms with van der Waals surface area (Å²) >= 11 is 0. The van der Waals surface area contributed by atoms with Gasteiger partial charge in [0, 0.05) is 5.92 Å². The second-order valence-corrected chi connectivity index (χ2v) is 5.68. The van der Waals surface area contributed by atoms with E-state index in [9.17, 15) is 0 Å². The van der Waals surface area contributed by atoms with Crippen LogP contribution >= 0.6 is 0 Å². The smallest absolute Gasteiger partial charge is 0.231 e. The molecule has 1 saturated heterocycles. The Kier molecular flexibility index (Phi) is 3.83. The lowest BCUT2D eigenvalue weighted by Crippen LogP contribution is -2.27. The molecule has 0 spiro atoms. The Balaban J connectivity index is 1.75. The van der Waals surface area contributed by atoms with Gasteiger partial charge < -0.3 is 9.84 Å². The number of benzene rings is 1. The number of aromatic nitrogens is 2. The average molecular weight is 271 g/mol. The Hall–Kier alpha value is -1.68. The van der Waals surface area contributed by atoms with Crippen LogP contribution in [0, 0.1) is 13.8 Å². The van der Waals surface area contributed by atoms with Crippen LogP contribution < -0.4 is 5.32 Å². The van der Waals surface area contributed by atoms with Gasteiger partial charge in [0.15, 0.2) is 5.82 Å². The molecule has 0 radical (unpaired) electrons. The van der Waals surface area contributed by atoms with Crippen molar-refractivity contribution >= 4 is 0 Å². The number of aryl methyl sites for hydroxylation is 2. The van der Waals surface area contributed by atoms with Crippen LogP contribution in [0.25, 0.3) is 0 Å². The van der Waals surface area contributed by atoms with E-state index < -0.39 is 0 Å². The lowest BCUT2D eigenvalue weighted by atomic mass is 9.97. The van der Waals surface area contributed by atoms with Gasteiger partial charge >= 0.3 is 0 Å². The molecule has 0 unspecified atom stereocenters. The molecular formula is C16H21N3O. The quantitative estimate of drug-likeness (QED) is 0.932. The largest absolute Gasteiger partial charge is 0.339 e. The summed E-state index contributed by atoms with van der Waals surface area (Å²) in [5.41, 5.74) is 3.81. The monoisotopic (exact) mass is 271 g/mol. The molecule has 0 aliphatic carbocycles. The van der Waals surface area contributed by atoms with Crippen LogP contribution in [0.4, 0.5) is 0 Å². The van der Waals surface area contributed by atoms with E-state index in [0.29, 0.717) is 5.92 Å². The van der Waals surface area contributed by atoms with Crippen LogP contribution in [-0.2, 0) is 6.42 Å². The zero-order valence-corrected chi connectivity index (χ0v) is 12.1. The van der Waals surface area contributed by atoms with E-state index in [4.69, 9.17) is 4.52 Å². The zero-order valence-electron chi connectivity index (χ0n) is 12.1. The van der Waals surface area contributed by atoms with E-state index in [1.54, 1.807) is 0 Å². The Morgan fingerprint density at radius 3 is 2.85 bits per heavy atom. The number of hydrogen-bond acceptors (Lipinski definition) is 4. The topological polar surface area (TPSA) is 51.0 Å². The van der Waals surface area contributed by atoms with Crippen molar-refractivity contribution in [3.63, 3.8) is 0 Å². The van der Waals surface area contributed by atoms with Crippen LogP contribution in [0.3, 0.4) is 0 Å². The maximum absolute atomic E-state index is 5.44. The van der Waals surface area contributed by atoms with E-state index >= 15 is 0 Å². The van der Waals surface area contributed by atoms with Crippen LogP contribution in [0.1, 0.15) is 47.2 Å². The maximum Gasteiger partial charge on any atom is 0.231 e. The van der Waals surface area contributed by atoms with E-state index in [1.807, 2.05) is 0 Å². The minimum Gasteiger partial charge on any atom is -0.339 e. The summed E-state index contributed by atoms with van der Waals surface area (Å²) in [7, 11) is 0. The van der Waals surface area contributed by atoms with Gasteiger partial charge in [0.1, 0.15) is 0 Å². The number of piperidine rings is 1. The normalized spacial score (nSPS) is 16.5. The lowest BCUT2D eigenvalue weighted by molar-refractivity contribution is 0.365. The highest BCUT2D eigenvalue weighted by Crippen LogP contribution is 2.23. The summed E-state index contributed by atoms with van der Waals surface area (Å²) in [6.07, 6.45) is 2.93. The molecule has 20 heavy (non-hydrogen) atoms. The van der Waals surface area contributed by atoms with Crippen molar-refractivity contribution in [2.24, 2.45) is 0 Å². The predicted octanol–water partition coefficient (Wildman–Crippen LogP) is 2.74. The summed E-state index contributed by atoms with van der Waals surface area (Å²) in [5, 5.41) is 7.53. The van der Waals surface area contributed by atoms with Gasteiger partial charge in [0.25, 0.3) is 0 Å².